The second-order valence-electron chi connectivity index (χ2n) is 8.13. The molecule has 33 heavy (non-hydrogen) atoms. The minimum atomic E-state index is -3.74. The van der Waals surface area contributed by atoms with Gasteiger partial charge in [-0.15, -0.1) is 0 Å². The number of hydrogen-bond donors (Lipinski definition) is 0. The molecule has 0 amide bonds. The first-order valence-electron chi connectivity index (χ1n) is 11.3. The number of anilines is 1. The van der Waals surface area contributed by atoms with Crippen molar-refractivity contribution in [2.45, 2.75) is 30.8 Å². The predicted octanol–water partition coefficient (Wildman–Crippen LogP) is 3.06. The Morgan fingerprint density at radius 2 is 1.73 bits per heavy atom. The molecule has 178 valence electrons. The van der Waals surface area contributed by atoms with E-state index in [1.165, 1.54) is 10.4 Å². The molecular formula is C24H30N2O6S. The lowest BCUT2D eigenvalue weighted by Gasteiger charge is -2.31. The number of carbonyl (C=O) groups is 1. The fourth-order valence-corrected chi connectivity index (χ4v) is 5.66. The van der Waals surface area contributed by atoms with Gasteiger partial charge < -0.3 is 19.1 Å². The molecule has 0 unspecified atom stereocenters. The molecule has 2 aromatic rings. The molecule has 0 spiro atoms. The zero-order valence-corrected chi connectivity index (χ0v) is 19.7. The van der Waals surface area contributed by atoms with Crippen molar-refractivity contribution in [1.29, 1.82) is 0 Å². The second-order valence-corrected chi connectivity index (χ2v) is 10.1. The van der Waals surface area contributed by atoms with Crippen molar-refractivity contribution < 1.29 is 27.4 Å². The van der Waals surface area contributed by atoms with Gasteiger partial charge in [0.25, 0.3) is 0 Å². The maximum Gasteiger partial charge on any atom is 0.340 e. The van der Waals surface area contributed by atoms with Crippen molar-refractivity contribution in [3.63, 3.8) is 0 Å². The molecule has 2 aromatic carbocycles. The Hall–Kier alpha value is -2.62. The van der Waals surface area contributed by atoms with Gasteiger partial charge in [0.05, 0.1) is 36.5 Å². The van der Waals surface area contributed by atoms with Gasteiger partial charge in [-0.05, 0) is 43.5 Å². The van der Waals surface area contributed by atoms with E-state index in [1.54, 1.807) is 25.3 Å². The molecule has 0 N–H and O–H groups in total. The number of methoxy groups -OCH3 is 1. The van der Waals surface area contributed by atoms with Crippen LogP contribution in [0.5, 0.6) is 5.75 Å². The molecule has 2 fully saturated rings. The number of piperidine rings is 1. The summed E-state index contributed by atoms with van der Waals surface area (Å²) < 4.78 is 44.1. The number of nitrogens with zero attached hydrogens (tertiary/aromatic N) is 2. The number of para-hydroxylation sites is 1. The van der Waals surface area contributed by atoms with Crippen LogP contribution in [0.1, 0.15) is 35.2 Å². The van der Waals surface area contributed by atoms with E-state index < -0.39 is 16.0 Å². The minimum Gasteiger partial charge on any atom is -0.496 e. The number of ether oxygens (including phenoxy) is 3. The maximum absolute atomic E-state index is 13.2. The van der Waals surface area contributed by atoms with Crippen LogP contribution in [0.15, 0.2) is 47.4 Å². The molecule has 2 aliphatic heterocycles. The molecule has 0 radical (unpaired) electrons. The van der Waals surface area contributed by atoms with Gasteiger partial charge in [-0.25, -0.2) is 13.2 Å². The smallest absolute Gasteiger partial charge is 0.340 e. The van der Waals surface area contributed by atoms with Crippen LogP contribution in [0.4, 0.5) is 5.69 Å². The molecule has 0 bridgehead atoms. The zero-order chi connectivity index (χ0) is 23.3. The number of rotatable bonds is 7. The lowest BCUT2D eigenvalue weighted by Crippen LogP contribution is -2.40. The predicted molar refractivity (Wildman–Crippen MR) is 124 cm³/mol. The molecule has 0 atom stereocenters. The monoisotopic (exact) mass is 474 g/mol. The Balaban J connectivity index is 1.63. The molecule has 2 saturated heterocycles. The average molecular weight is 475 g/mol. The van der Waals surface area contributed by atoms with E-state index >= 15 is 0 Å². The highest BCUT2D eigenvalue weighted by Gasteiger charge is 2.29. The van der Waals surface area contributed by atoms with Crippen molar-refractivity contribution in [3.05, 3.63) is 53.6 Å². The summed E-state index contributed by atoms with van der Waals surface area (Å²) in [5.41, 5.74) is 1.71. The summed E-state index contributed by atoms with van der Waals surface area (Å²) in [6, 6.07) is 12.1. The van der Waals surface area contributed by atoms with Crippen molar-refractivity contribution in [3.8, 4) is 5.75 Å². The first-order valence-corrected chi connectivity index (χ1v) is 12.7. The number of hydrogen-bond acceptors (Lipinski definition) is 7. The van der Waals surface area contributed by atoms with Gasteiger partial charge in [0.2, 0.25) is 10.0 Å². The normalized spacial score (nSPS) is 17.5. The Morgan fingerprint density at radius 1 is 1.00 bits per heavy atom. The van der Waals surface area contributed by atoms with Crippen molar-refractivity contribution in [1.82, 2.24) is 4.31 Å². The number of morpholine rings is 1. The van der Waals surface area contributed by atoms with Crippen LogP contribution in [0.25, 0.3) is 0 Å². The van der Waals surface area contributed by atoms with E-state index in [2.05, 4.69) is 4.90 Å². The lowest BCUT2D eigenvalue weighted by atomic mass is 10.1. The van der Waals surface area contributed by atoms with E-state index in [1.807, 2.05) is 18.2 Å². The van der Waals surface area contributed by atoms with Crippen LogP contribution in [-0.2, 0) is 26.1 Å². The lowest BCUT2D eigenvalue weighted by molar-refractivity contribution is 0.0470. The van der Waals surface area contributed by atoms with Crippen molar-refractivity contribution >= 4 is 21.7 Å². The Kier molecular flexibility index (Phi) is 7.52. The van der Waals surface area contributed by atoms with Crippen LogP contribution >= 0.6 is 0 Å². The summed E-state index contributed by atoms with van der Waals surface area (Å²) >= 11 is 0. The summed E-state index contributed by atoms with van der Waals surface area (Å²) in [4.78, 5) is 15.4. The summed E-state index contributed by atoms with van der Waals surface area (Å²) in [5, 5.41) is 0. The molecule has 4 rings (SSSR count). The van der Waals surface area contributed by atoms with Crippen LogP contribution in [0.2, 0.25) is 0 Å². The first-order chi connectivity index (χ1) is 16.0. The molecule has 0 saturated carbocycles. The standard InChI is InChI=1S/C24H30N2O6S/c1-30-23-8-4-3-7-19(23)18-32-24(27)21-17-20(33(28,29)26-13-15-31-16-14-26)9-10-22(21)25-11-5-2-6-12-25/h3-4,7-10,17H,2,5-6,11-16,18H2,1H3. The molecular weight excluding hydrogens is 444 g/mol. The highest BCUT2D eigenvalue weighted by molar-refractivity contribution is 7.89. The quantitative estimate of drug-likeness (QED) is 0.570. The third-order valence-electron chi connectivity index (χ3n) is 6.04. The summed E-state index contributed by atoms with van der Waals surface area (Å²) in [7, 11) is -2.17. The Bertz CT molecular complexity index is 1080. The third kappa shape index (κ3) is 5.31. The third-order valence-corrected chi connectivity index (χ3v) is 7.94. The average Bonchev–Trinajstić information content (AvgIpc) is 2.88. The largest absolute Gasteiger partial charge is 0.496 e. The number of benzene rings is 2. The second kappa shape index (κ2) is 10.5. The fraction of sp³-hybridized carbons (Fsp3) is 0.458. The molecule has 0 aliphatic carbocycles. The Morgan fingerprint density at radius 3 is 2.45 bits per heavy atom. The van der Waals surface area contributed by atoms with Crippen molar-refractivity contribution in [2.75, 3.05) is 51.4 Å². The van der Waals surface area contributed by atoms with E-state index in [9.17, 15) is 13.2 Å². The summed E-state index contributed by atoms with van der Waals surface area (Å²) in [6.45, 7) is 2.98. The minimum absolute atomic E-state index is 0.0305. The summed E-state index contributed by atoms with van der Waals surface area (Å²) in [5.74, 6) is 0.0747. The maximum atomic E-state index is 13.2. The SMILES string of the molecule is COc1ccccc1COC(=O)c1cc(S(=O)(=O)N2CCOCC2)ccc1N1CCCCC1. The van der Waals surface area contributed by atoms with E-state index in [0.717, 1.165) is 37.9 Å². The number of esters is 1. The first kappa shape index (κ1) is 23.5. The Labute approximate surface area is 195 Å². The van der Waals surface area contributed by atoms with Crippen LogP contribution < -0.4 is 9.64 Å². The van der Waals surface area contributed by atoms with Gasteiger partial charge in [0, 0.05) is 31.7 Å². The molecule has 8 nitrogen and oxygen atoms in total. The van der Waals surface area contributed by atoms with Gasteiger partial charge in [0.15, 0.2) is 0 Å². The van der Waals surface area contributed by atoms with E-state index in [4.69, 9.17) is 14.2 Å². The topological polar surface area (TPSA) is 85.4 Å². The van der Waals surface area contributed by atoms with Crippen LogP contribution in [0, 0.1) is 0 Å². The highest BCUT2D eigenvalue weighted by atomic mass is 32.2. The molecule has 2 aliphatic rings. The highest BCUT2D eigenvalue weighted by Crippen LogP contribution is 2.30. The van der Waals surface area contributed by atoms with Crippen molar-refractivity contribution in [2.24, 2.45) is 0 Å². The van der Waals surface area contributed by atoms with Gasteiger partial charge in [-0.2, -0.15) is 4.31 Å². The van der Waals surface area contributed by atoms with Gasteiger partial charge >= 0.3 is 5.97 Å². The van der Waals surface area contributed by atoms with Gasteiger partial charge in [0.1, 0.15) is 12.4 Å². The van der Waals surface area contributed by atoms with E-state index in [-0.39, 0.29) is 17.1 Å². The molecule has 9 heteroatoms. The van der Waals surface area contributed by atoms with Gasteiger partial charge in [-0.1, -0.05) is 18.2 Å². The number of sulfonamides is 1. The van der Waals surface area contributed by atoms with E-state index in [0.29, 0.717) is 37.7 Å². The fourth-order valence-electron chi connectivity index (χ4n) is 4.23. The molecule has 2 heterocycles. The van der Waals surface area contributed by atoms with Gasteiger partial charge in [-0.3, -0.25) is 0 Å². The molecule has 0 aromatic heterocycles. The summed E-state index contributed by atoms with van der Waals surface area (Å²) in [6.07, 6.45) is 3.21. The van der Waals surface area contributed by atoms with Crippen LogP contribution in [0.3, 0.4) is 0 Å². The number of carbonyl (C=O) groups excluding carboxylic acids is 1. The van der Waals surface area contributed by atoms with Crippen LogP contribution in [-0.4, -0.2) is 65.2 Å². The zero-order valence-electron chi connectivity index (χ0n) is 18.9.